The first-order valence-corrected chi connectivity index (χ1v) is 7.15. The van der Waals surface area contributed by atoms with E-state index >= 15 is 0 Å². The average Bonchev–Trinajstić information content (AvgIpc) is 2.88. The number of benzene rings is 1. The summed E-state index contributed by atoms with van der Waals surface area (Å²) in [4.78, 5) is 16.2. The quantitative estimate of drug-likeness (QED) is 0.890. The van der Waals surface area contributed by atoms with Gasteiger partial charge in [0.15, 0.2) is 0 Å². The molecule has 4 nitrogen and oxygen atoms in total. The van der Waals surface area contributed by atoms with Gasteiger partial charge >= 0.3 is 0 Å². The van der Waals surface area contributed by atoms with Gasteiger partial charge in [-0.15, -0.1) is 23.7 Å². The number of nitrogens with zero attached hydrogens (tertiary/aromatic N) is 1. The number of rotatable bonds is 5. The van der Waals surface area contributed by atoms with Crippen molar-refractivity contribution in [3.8, 4) is 11.3 Å². The lowest BCUT2D eigenvalue weighted by Gasteiger charge is -2.10. The number of carbonyl (C=O) groups is 1. The van der Waals surface area contributed by atoms with Crippen LogP contribution in [0.2, 0.25) is 0 Å². The number of hydrogen-bond acceptors (Lipinski definition) is 4. The molecular formula is C14H18ClN3OS. The number of hydrogen-bond donors (Lipinski definition) is 2. The zero-order valence-electron chi connectivity index (χ0n) is 11.2. The molecule has 0 spiro atoms. The summed E-state index contributed by atoms with van der Waals surface area (Å²) in [6, 6.07) is 9.32. The predicted octanol–water partition coefficient (Wildman–Crippen LogP) is 3.30. The van der Waals surface area contributed by atoms with Crippen LogP contribution in [0.1, 0.15) is 19.8 Å². The minimum Gasteiger partial charge on any atom is -0.320 e. The predicted molar refractivity (Wildman–Crippen MR) is 86.3 cm³/mol. The number of amides is 1. The first-order chi connectivity index (χ1) is 9.22. The molecule has 1 atom stereocenters. The normalized spacial score (nSPS) is 11.5. The Kier molecular flexibility index (Phi) is 6.64. The minimum atomic E-state index is -0.462. The number of carbonyl (C=O) groups excluding carboxylic acids is 1. The van der Waals surface area contributed by atoms with E-state index in [0.29, 0.717) is 6.42 Å². The largest absolute Gasteiger partial charge is 0.320 e. The molecule has 1 unspecified atom stereocenters. The van der Waals surface area contributed by atoms with Crippen LogP contribution in [0.15, 0.2) is 35.8 Å². The van der Waals surface area contributed by atoms with E-state index in [2.05, 4.69) is 10.3 Å². The molecule has 0 aliphatic heterocycles. The maximum Gasteiger partial charge on any atom is 0.241 e. The monoisotopic (exact) mass is 311 g/mol. The first kappa shape index (κ1) is 16.6. The Bertz CT molecular complexity index is 544. The summed E-state index contributed by atoms with van der Waals surface area (Å²) >= 11 is 1.41. The van der Waals surface area contributed by atoms with Crippen molar-refractivity contribution in [2.75, 3.05) is 5.32 Å². The molecule has 0 fully saturated rings. The standard InChI is InChI=1S/C14H17N3OS.ClH/c1-2-6-11(15)13(18)17-14-12(16-9-19-14)10-7-4-3-5-8-10;/h3-5,7-9,11H,2,6,15H2,1H3,(H,17,18);1H. The zero-order chi connectivity index (χ0) is 13.7. The van der Waals surface area contributed by atoms with Crippen molar-refractivity contribution in [1.82, 2.24) is 4.98 Å². The second-order valence-electron chi connectivity index (χ2n) is 4.28. The van der Waals surface area contributed by atoms with Crippen LogP contribution >= 0.6 is 23.7 Å². The zero-order valence-corrected chi connectivity index (χ0v) is 12.8. The molecule has 0 radical (unpaired) electrons. The summed E-state index contributed by atoms with van der Waals surface area (Å²) in [5.41, 5.74) is 9.31. The van der Waals surface area contributed by atoms with Crippen LogP contribution < -0.4 is 11.1 Å². The van der Waals surface area contributed by atoms with Gasteiger partial charge in [-0.2, -0.15) is 0 Å². The third-order valence-corrected chi connectivity index (χ3v) is 3.53. The second kappa shape index (κ2) is 7.99. The summed E-state index contributed by atoms with van der Waals surface area (Å²) in [6.07, 6.45) is 1.58. The maximum atomic E-state index is 11.9. The Morgan fingerprint density at radius 2 is 2.10 bits per heavy atom. The Morgan fingerprint density at radius 1 is 1.40 bits per heavy atom. The van der Waals surface area contributed by atoms with Gasteiger partial charge in [0.05, 0.1) is 11.6 Å². The molecule has 0 aliphatic rings. The maximum absolute atomic E-state index is 11.9. The molecule has 0 aliphatic carbocycles. The van der Waals surface area contributed by atoms with Gasteiger partial charge in [0, 0.05) is 5.56 Å². The lowest BCUT2D eigenvalue weighted by molar-refractivity contribution is -0.117. The molecule has 1 heterocycles. The highest BCUT2D eigenvalue weighted by atomic mass is 35.5. The highest BCUT2D eigenvalue weighted by molar-refractivity contribution is 7.14. The molecule has 3 N–H and O–H groups in total. The number of nitrogens with one attached hydrogen (secondary N) is 1. The average molecular weight is 312 g/mol. The molecule has 0 bridgehead atoms. The van der Waals surface area contributed by atoms with Crippen LogP contribution in [-0.2, 0) is 4.79 Å². The van der Waals surface area contributed by atoms with E-state index in [1.54, 1.807) is 5.51 Å². The van der Waals surface area contributed by atoms with Crippen molar-refractivity contribution in [3.05, 3.63) is 35.8 Å². The summed E-state index contributed by atoms with van der Waals surface area (Å²) in [7, 11) is 0. The third-order valence-electron chi connectivity index (χ3n) is 2.79. The van der Waals surface area contributed by atoms with E-state index in [4.69, 9.17) is 5.73 Å². The Morgan fingerprint density at radius 3 is 2.75 bits per heavy atom. The van der Waals surface area contributed by atoms with Crippen molar-refractivity contribution in [1.29, 1.82) is 0 Å². The van der Waals surface area contributed by atoms with Crippen LogP contribution in [-0.4, -0.2) is 16.9 Å². The van der Waals surface area contributed by atoms with Gasteiger partial charge in [0.25, 0.3) is 0 Å². The number of halogens is 1. The molecule has 2 aromatic rings. The van der Waals surface area contributed by atoms with Gasteiger partial charge in [0.2, 0.25) is 5.91 Å². The van der Waals surface area contributed by atoms with Crippen molar-refractivity contribution in [3.63, 3.8) is 0 Å². The molecule has 1 amide bonds. The lowest BCUT2D eigenvalue weighted by Crippen LogP contribution is -2.35. The SMILES string of the molecule is CCCC(N)C(=O)Nc1scnc1-c1ccccc1.Cl. The molecule has 1 aromatic carbocycles. The van der Waals surface area contributed by atoms with Crippen molar-refractivity contribution in [2.45, 2.75) is 25.8 Å². The highest BCUT2D eigenvalue weighted by Crippen LogP contribution is 2.30. The minimum absolute atomic E-state index is 0. The van der Waals surface area contributed by atoms with Gasteiger partial charge < -0.3 is 11.1 Å². The van der Waals surface area contributed by atoms with Crippen molar-refractivity contribution >= 4 is 34.7 Å². The second-order valence-corrected chi connectivity index (χ2v) is 5.14. The smallest absolute Gasteiger partial charge is 0.241 e. The van der Waals surface area contributed by atoms with E-state index < -0.39 is 6.04 Å². The molecule has 108 valence electrons. The molecular weight excluding hydrogens is 294 g/mol. The van der Waals surface area contributed by atoms with Gasteiger partial charge in [0.1, 0.15) is 10.7 Å². The summed E-state index contributed by atoms with van der Waals surface area (Å²) < 4.78 is 0. The molecule has 6 heteroatoms. The fourth-order valence-electron chi connectivity index (χ4n) is 1.78. The molecule has 2 rings (SSSR count). The third kappa shape index (κ3) is 4.03. The van der Waals surface area contributed by atoms with Crippen molar-refractivity contribution < 1.29 is 4.79 Å². The highest BCUT2D eigenvalue weighted by Gasteiger charge is 2.16. The van der Waals surface area contributed by atoms with Crippen LogP contribution in [0.4, 0.5) is 5.00 Å². The number of anilines is 1. The van der Waals surface area contributed by atoms with E-state index in [9.17, 15) is 4.79 Å². The number of aromatic nitrogens is 1. The first-order valence-electron chi connectivity index (χ1n) is 6.27. The van der Waals surface area contributed by atoms with Crippen LogP contribution in [0.5, 0.6) is 0 Å². The molecule has 0 saturated heterocycles. The van der Waals surface area contributed by atoms with Gasteiger partial charge in [-0.1, -0.05) is 43.7 Å². The lowest BCUT2D eigenvalue weighted by atomic mass is 10.1. The summed E-state index contributed by atoms with van der Waals surface area (Å²) in [5.74, 6) is -0.150. The molecule has 20 heavy (non-hydrogen) atoms. The fourth-order valence-corrected chi connectivity index (χ4v) is 2.49. The molecule has 0 saturated carbocycles. The van der Waals surface area contributed by atoms with Gasteiger partial charge in [-0.05, 0) is 6.42 Å². The number of nitrogens with two attached hydrogens (primary N) is 1. The Hall–Kier alpha value is -1.43. The fraction of sp³-hybridized carbons (Fsp3) is 0.286. The van der Waals surface area contributed by atoms with Crippen molar-refractivity contribution in [2.24, 2.45) is 5.73 Å². The van der Waals surface area contributed by atoms with E-state index in [-0.39, 0.29) is 18.3 Å². The Balaban J connectivity index is 0.00000200. The molecule has 1 aromatic heterocycles. The number of thiazole rings is 1. The van der Waals surface area contributed by atoms with E-state index in [1.807, 2.05) is 37.3 Å². The van der Waals surface area contributed by atoms with Crippen LogP contribution in [0, 0.1) is 0 Å². The summed E-state index contributed by atoms with van der Waals surface area (Å²) in [5, 5.41) is 3.62. The van der Waals surface area contributed by atoms with E-state index in [1.165, 1.54) is 11.3 Å². The van der Waals surface area contributed by atoms with Gasteiger partial charge in [-0.3, -0.25) is 4.79 Å². The topological polar surface area (TPSA) is 68.0 Å². The Labute approximate surface area is 128 Å². The summed E-state index contributed by atoms with van der Waals surface area (Å²) in [6.45, 7) is 2.01. The van der Waals surface area contributed by atoms with Gasteiger partial charge in [-0.25, -0.2) is 4.98 Å². The van der Waals surface area contributed by atoms with E-state index in [0.717, 1.165) is 22.7 Å². The van der Waals surface area contributed by atoms with Crippen LogP contribution in [0.25, 0.3) is 11.3 Å². The van der Waals surface area contributed by atoms with Crippen LogP contribution in [0.3, 0.4) is 0 Å².